The van der Waals surface area contributed by atoms with E-state index >= 15 is 0 Å². The van der Waals surface area contributed by atoms with E-state index in [1.54, 1.807) is 0 Å². The van der Waals surface area contributed by atoms with Gasteiger partial charge in [0.05, 0.1) is 0 Å². The normalized spacial score (nSPS) is 18.7. The van der Waals surface area contributed by atoms with Crippen molar-refractivity contribution in [3.05, 3.63) is 35.9 Å². The Morgan fingerprint density at radius 1 is 1.33 bits per heavy atom. The van der Waals surface area contributed by atoms with Crippen LogP contribution in [0.25, 0.3) is 0 Å². The first-order valence-corrected chi connectivity index (χ1v) is 7.94. The molecule has 1 unspecified atom stereocenters. The Bertz CT molecular complexity index is 436. The van der Waals surface area contributed by atoms with Gasteiger partial charge in [-0.1, -0.05) is 37.3 Å². The molecule has 1 heterocycles. The first-order chi connectivity index (χ1) is 10.2. The first-order valence-electron chi connectivity index (χ1n) is 7.94. The van der Waals surface area contributed by atoms with Crippen molar-refractivity contribution in [1.29, 1.82) is 0 Å². The van der Waals surface area contributed by atoms with Gasteiger partial charge < -0.3 is 14.5 Å². The molecule has 1 atom stereocenters. The van der Waals surface area contributed by atoms with Crippen LogP contribution in [0.1, 0.15) is 32.3 Å². The van der Waals surface area contributed by atoms with Crippen LogP contribution in [0, 0.1) is 0 Å². The Hall–Kier alpha value is -1.55. The van der Waals surface area contributed by atoms with Gasteiger partial charge in [-0.25, -0.2) is 4.79 Å². The lowest BCUT2D eigenvalue weighted by Gasteiger charge is -2.27. The second kappa shape index (κ2) is 8.03. The number of ether oxygens (including phenoxy) is 1. The lowest BCUT2D eigenvalue weighted by atomic mass is 10.2. The molecular weight excluding hydrogens is 264 g/mol. The number of carbonyl (C=O) groups excluding carboxylic acids is 1. The van der Waals surface area contributed by atoms with Crippen molar-refractivity contribution < 1.29 is 9.53 Å². The van der Waals surface area contributed by atoms with Crippen LogP contribution >= 0.6 is 0 Å². The molecule has 0 spiro atoms. The summed E-state index contributed by atoms with van der Waals surface area (Å²) in [4.78, 5) is 16.6. The molecule has 4 heteroatoms. The van der Waals surface area contributed by atoms with E-state index in [2.05, 4.69) is 11.8 Å². The SMILES string of the molecule is CCCN1CCC(N(CC)C(=O)OCc2ccccc2)C1. The molecule has 1 aromatic rings. The highest BCUT2D eigenvalue weighted by Gasteiger charge is 2.30. The van der Waals surface area contributed by atoms with Crippen molar-refractivity contribution in [2.24, 2.45) is 0 Å². The largest absolute Gasteiger partial charge is 0.445 e. The molecular formula is C17H26N2O2. The fourth-order valence-electron chi connectivity index (χ4n) is 2.92. The third-order valence-electron chi connectivity index (χ3n) is 4.01. The molecule has 1 saturated heterocycles. The molecule has 1 aromatic carbocycles. The van der Waals surface area contributed by atoms with Gasteiger partial charge in [-0.3, -0.25) is 0 Å². The Balaban J connectivity index is 1.84. The third-order valence-corrected chi connectivity index (χ3v) is 4.01. The maximum Gasteiger partial charge on any atom is 0.410 e. The summed E-state index contributed by atoms with van der Waals surface area (Å²) < 4.78 is 5.46. The summed E-state index contributed by atoms with van der Waals surface area (Å²) in [6, 6.07) is 10.1. The summed E-state index contributed by atoms with van der Waals surface area (Å²) >= 11 is 0. The molecule has 0 bridgehead atoms. The van der Waals surface area contributed by atoms with Gasteiger partial charge in [-0.15, -0.1) is 0 Å². The predicted octanol–water partition coefficient (Wildman–Crippen LogP) is 3.13. The molecule has 0 saturated carbocycles. The minimum absolute atomic E-state index is 0.190. The van der Waals surface area contributed by atoms with Crippen LogP contribution in [0.15, 0.2) is 30.3 Å². The fraction of sp³-hybridized carbons (Fsp3) is 0.588. The predicted molar refractivity (Wildman–Crippen MR) is 84.1 cm³/mol. The lowest BCUT2D eigenvalue weighted by molar-refractivity contribution is 0.0834. The molecule has 0 aliphatic carbocycles. The smallest absolute Gasteiger partial charge is 0.410 e. The number of nitrogens with zero attached hydrogens (tertiary/aromatic N) is 2. The molecule has 1 fully saturated rings. The van der Waals surface area contributed by atoms with Crippen LogP contribution < -0.4 is 0 Å². The van der Waals surface area contributed by atoms with Crippen LogP contribution in [0.2, 0.25) is 0 Å². The van der Waals surface area contributed by atoms with Crippen molar-refractivity contribution in [3.63, 3.8) is 0 Å². The minimum atomic E-state index is -0.190. The van der Waals surface area contributed by atoms with E-state index in [0.29, 0.717) is 19.2 Å². The topological polar surface area (TPSA) is 32.8 Å². The second-order valence-corrected chi connectivity index (χ2v) is 5.57. The van der Waals surface area contributed by atoms with Crippen molar-refractivity contribution in [2.75, 3.05) is 26.2 Å². The summed E-state index contributed by atoms with van der Waals surface area (Å²) in [7, 11) is 0. The molecule has 0 aromatic heterocycles. The third kappa shape index (κ3) is 4.46. The molecule has 1 aliphatic rings. The fourth-order valence-corrected chi connectivity index (χ4v) is 2.92. The van der Waals surface area contributed by atoms with Crippen LogP contribution in [0.4, 0.5) is 4.79 Å². The Morgan fingerprint density at radius 2 is 2.10 bits per heavy atom. The maximum absolute atomic E-state index is 12.3. The van der Waals surface area contributed by atoms with Crippen LogP contribution in [-0.4, -0.2) is 48.1 Å². The number of carbonyl (C=O) groups is 1. The van der Waals surface area contributed by atoms with Gasteiger partial charge in [0.15, 0.2) is 0 Å². The van der Waals surface area contributed by atoms with Crippen molar-refractivity contribution in [1.82, 2.24) is 9.80 Å². The van der Waals surface area contributed by atoms with Gasteiger partial charge in [0.1, 0.15) is 6.61 Å². The quantitative estimate of drug-likeness (QED) is 0.807. The number of amides is 1. The van der Waals surface area contributed by atoms with E-state index in [0.717, 1.165) is 38.0 Å². The van der Waals surface area contributed by atoms with E-state index in [1.807, 2.05) is 42.2 Å². The Kier molecular flexibility index (Phi) is 6.05. The molecule has 2 rings (SSSR count). The van der Waals surface area contributed by atoms with Crippen LogP contribution in [0.5, 0.6) is 0 Å². The summed E-state index contributed by atoms with van der Waals surface area (Å²) in [5.74, 6) is 0. The maximum atomic E-state index is 12.3. The molecule has 0 N–H and O–H groups in total. The number of likely N-dealkylation sites (tertiary alicyclic amines) is 1. The minimum Gasteiger partial charge on any atom is -0.445 e. The Morgan fingerprint density at radius 3 is 2.76 bits per heavy atom. The number of rotatable bonds is 6. The van der Waals surface area contributed by atoms with Gasteiger partial charge in [0.25, 0.3) is 0 Å². The standard InChI is InChI=1S/C17H26N2O2/c1-3-11-18-12-10-16(13-18)19(4-2)17(20)21-14-15-8-6-5-7-9-15/h5-9,16H,3-4,10-14H2,1-2H3. The summed E-state index contributed by atoms with van der Waals surface area (Å²) in [6.07, 6.45) is 2.02. The molecule has 21 heavy (non-hydrogen) atoms. The average Bonchev–Trinajstić information content (AvgIpc) is 2.96. The number of benzene rings is 1. The Labute approximate surface area is 127 Å². The van der Waals surface area contributed by atoms with E-state index in [4.69, 9.17) is 4.74 Å². The first kappa shape index (κ1) is 15.8. The van der Waals surface area contributed by atoms with Crippen LogP contribution in [-0.2, 0) is 11.3 Å². The highest BCUT2D eigenvalue weighted by Crippen LogP contribution is 2.17. The summed E-state index contributed by atoms with van der Waals surface area (Å²) in [5, 5.41) is 0. The van der Waals surface area contributed by atoms with Crippen molar-refractivity contribution in [3.8, 4) is 0 Å². The average molecular weight is 290 g/mol. The van der Waals surface area contributed by atoms with Gasteiger partial charge in [-0.2, -0.15) is 0 Å². The van der Waals surface area contributed by atoms with E-state index in [1.165, 1.54) is 0 Å². The van der Waals surface area contributed by atoms with E-state index < -0.39 is 0 Å². The monoisotopic (exact) mass is 290 g/mol. The molecule has 1 aliphatic heterocycles. The van der Waals surface area contributed by atoms with Crippen molar-refractivity contribution >= 4 is 6.09 Å². The molecule has 0 radical (unpaired) electrons. The summed E-state index contributed by atoms with van der Waals surface area (Å²) in [6.45, 7) is 8.45. The van der Waals surface area contributed by atoms with Gasteiger partial charge in [0, 0.05) is 25.7 Å². The summed E-state index contributed by atoms with van der Waals surface area (Å²) in [5.41, 5.74) is 1.03. The molecule has 4 nitrogen and oxygen atoms in total. The molecule has 1 amide bonds. The lowest BCUT2D eigenvalue weighted by Crippen LogP contribution is -2.42. The number of hydrogen-bond donors (Lipinski definition) is 0. The number of hydrogen-bond acceptors (Lipinski definition) is 3. The van der Waals surface area contributed by atoms with Crippen molar-refractivity contribution in [2.45, 2.75) is 39.3 Å². The zero-order valence-corrected chi connectivity index (χ0v) is 13.1. The van der Waals surface area contributed by atoms with E-state index in [-0.39, 0.29) is 6.09 Å². The van der Waals surface area contributed by atoms with Gasteiger partial charge >= 0.3 is 6.09 Å². The van der Waals surface area contributed by atoms with Gasteiger partial charge in [0.2, 0.25) is 0 Å². The zero-order valence-electron chi connectivity index (χ0n) is 13.1. The van der Waals surface area contributed by atoms with E-state index in [9.17, 15) is 4.79 Å². The zero-order chi connectivity index (χ0) is 15.1. The number of likely N-dealkylation sites (N-methyl/N-ethyl adjacent to an activating group) is 1. The second-order valence-electron chi connectivity index (χ2n) is 5.57. The molecule has 116 valence electrons. The highest BCUT2D eigenvalue weighted by atomic mass is 16.6. The van der Waals surface area contributed by atoms with Gasteiger partial charge in [-0.05, 0) is 31.9 Å². The van der Waals surface area contributed by atoms with Crippen LogP contribution in [0.3, 0.4) is 0 Å². The highest BCUT2D eigenvalue weighted by molar-refractivity contribution is 5.68.